The third kappa shape index (κ3) is 4.75. The van der Waals surface area contributed by atoms with Crippen LogP contribution in [0.25, 0.3) is 0 Å². The standard InChI is InChI=1S/C22H24N4O5S/c23-12-16-3-8-22-20(11-16)21-14-25(13-17(21)15-31-22)10-2-1-9-24-32(29,30)19-6-4-18(5-7-19)26(27)28/h3-8,11,17,21,24H,1-2,9-10,13-15H2. The molecule has 10 heteroatoms. The van der Waals surface area contributed by atoms with E-state index in [9.17, 15) is 23.8 Å². The number of nitrogens with one attached hydrogen (secondary N) is 1. The lowest BCUT2D eigenvalue weighted by atomic mass is 9.86. The van der Waals surface area contributed by atoms with Gasteiger partial charge in [-0.1, -0.05) is 0 Å². The fourth-order valence-corrected chi connectivity index (χ4v) is 5.47. The first-order chi connectivity index (χ1) is 15.4. The molecular formula is C22H24N4O5S. The number of likely N-dealkylation sites (tertiary alicyclic amines) is 1. The molecule has 1 saturated heterocycles. The van der Waals surface area contributed by atoms with Crippen LogP contribution < -0.4 is 9.46 Å². The van der Waals surface area contributed by atoms with Gasteiger partial charge in [-0.25, -0.2) is 13.1 Å². The molecule has 2 aromatic rings. The lowest BCUT2D eigenvalue weighted by molar-refractivity contribution is -0.384. The van der Waals surface area contributed by atoms with Gasteiger partial charge in [0.25, 0.3) is 5.69 Å². The van der Waals surface area contributed by atoms with E-state index >= 15 is 0 Å². The summed E-state index contributed by atoms with van der Waals surface area (Å²) in [7, 11) is -3.69. The monoisotopic (exact) mass is 456 g/mol. The molecule has 168 valence electrons. The Hall–Kier alpha value is -3.00. The van der Waals surface area contributed by atoms with Crippen molar-refractivity contribution in [2.45, 2.75) is 23.7 Å². The van der Waals surface area contributed by atoms with Gasteiger partial charge in [-0.2, -0.15) is 5.26 Å². The third-order valence-corrected chi connectivity index (χ3v) is 7.54. The molecule has 32 heavy (non-hydrogen) atoms. The summed E-state index contributed by atoms with van der Waals surface area (Å²) in [6, 6.07) is 12.6. The summed E-state index contributed by atoms with van der Waals surface area (Å²) in [5.41, 5.74) is 1.61. The first-order valence-electron chi connectivity index (χ1n) is 10.5. The lowest BCUT2D eigenvalue weighted by Gasteiger charge is -2.27. The van der Waals surface area contributed by atoms with Crippen LogP contribution in [-0.2, 0) is 10.0 Å². The Morgan fingerprint density at radius 2 is 1.97 bits per heavy atom. The molecule has 2 heterocycles. The van der Waals surface area contributed by atoms with Gasteiger partial charge in [0.15, 0.2) is 0 Å². The van der Waals surface area contributed by atoms with E-state index in [1.54, 1.807) is 6.07 Å². The Morgan fingerprint density at radius 1 is 1.19 bits per heavy atom. The first kappa shape index (κ1) is 22.2. The van der Waals surface area contributed by atoms with Crippen LogP contribution in [0.15, 0.2) is 47.4 Å². The Bertz CT molecular complexity index is 1140. The number of nitriles is 1. The van der Waals surface area contributed by atoms with Crippen LogP contribution in [0.5, 0.6) is 5.75 Å². The van der Waals surface area contributed by atoms with Gasteiger partial charge in [-0.05, 0) is 49.7 Å². The van der Waals surface area contributed by atoms with Gasteiger partial charge in [0.1, 0.15) is 5.75 Å². The van der Waals surface area contributed by atoms with E-state index in [0.29, 0.717) is 37.0 Å². The maximum Gasteiger partial charge on any atom is 0.269 e. The Kier molecular flexibility index (Phi) is 6.41. The SMILES string of the molecule is N#Cc1ccc2c(c1)C1CN(CCCCNS(=O)(=O)c3ccc([N+](=O)[O-])cc3)CC1CO2. The van der Waals surface area contributed by atoms with Crippen LogP contribution in [0.2, 0.25) is 0 Å². The second kappa shape index (κ2) is 9.24. The first-order valence-corrected chi connectivity index (χ1v) is 12.0. The second-order valence-corrected chi connectivity index (χ2v) is 9.92. The largest absolute Gasteiger partial charge is 0.493 e. The van der Waals surface area contributed by atoms with Crippen molar-refractivity contribution in [3.8, 4) is 11.8 Å². The Morgan fingerprint density at radius 3 is 2.69 bits per heavy atom. The predicted octanol–water partition coefficient (Wildman–Crippen LogP) is 2.63. The molecule has 0 aliphatic carbocycles. The van der Waals surface area contributed by atoms with Gasteiger partial charge in [-0.3, -0.25) is 10.1 Å². The lowest BCUT2D eigenvalue weighted by Crippen LogP contribution is -2.27. The number of unbranched alkanes of at least 4 members (excludes halogenated alkanes) is 1. The van der Waals surface area contributed by atoms with Crippen LogP contribution in [-0.4, -0.2) is 51.0 Å². The molecule has 1 fully saturated rings. The number of sulfonamides is 1. The van der Waals surface area contributed by atoms with E-state index in [1.807, 2.05) is 12.1 Å². The normalized spacial score (nSPS) is 20.1. The van der Waals surface area contributed by atoms with Crippen molar-refractivity contribution in [2.75, 3.05) is 32.8 Å². The number of hydrogen-bond donors (Lipinski definition) is 1. The summed E-state index contributed by atoms with van der Waals surface area (Å²) in [4.78, 5) is 12.5. The summed E-state index contributed by atoms with van der Waals surface area (Å²) >= 11 is 0. The molecule has 0 aromatic heterocycles. The van der Waals surface area contributed by atoms with Crippen LogP contribution in [0.1, 0.15) is 29.9 Å². The number of nitro groups is 1. The maximum absolute atomic E-state index is 12.3. The number of ether oxygens (including phenoxy) is 1. The van der Waals surface area contributed by atoms with Crippen LogP contribution in [0, 0.1) is 27.4 Å². The summed E-state index contributed by atoms with van der Waals surface area (Å²) in [5, 5.41) is 19.9. The minimum atomic E-state index is -3.69. The molecule has 1 N–H and O–H groups in total. The maximum atomic E-state index is 12.3. The summed E-state index contributed by atoms with van der Waals surface area (Å²) < 4.78 is 33.1. The molecule has 2 aromatic carbocycles. The van der Waals surface area contributed by atoms with Gasteiger partial charge >= 0.3 is 0 Å². The van der Waals surface area contributed by atoms with Crippen molar-refractivity contribution in [1.29, 1.82) is 5.26 Å². The molecule has 0 bridgehead atoms. The average Bonchev–Trinajstić information content (AvgIpc) is 3.22. The van der Waals surface area contributed by atoms with Crippen LogP contribution >= 0.6 is 0 Å². The third-order valence-electron chi connectivity index (χ3n) is 6.06. The van der Waals surface area contributed by atoms with E-state index in [0.717, 1.165) is 37.4 Å². The number of non-ortho nitro benzene ring substituents is 1. The topological polar surface area (TPSA) is 126 Å². The molecule has 0 saturated carbocycles. The average molecular weight is 457 g/mol. The van der Waals surface area contributed by atoms with Gasteiger partial charge in [0, 0.05) is 49.2 Å². The molecule has 0 spiro atoms. The van der Waals surface area contributed by atoms with Crippen molar-refractivity contribution in [1.82, 2.24) is 9.62 Å². The number of rotatable bonds is 8. The highest BCUT2D eigenvalue weighted by Gasteiger charge is 2.38. The summed E-state index contributed by atoms with van der Waals surface area (Å²) in [6.07, 6.45) is 1.53. The van der Waals surface area contributed by atoms with Crippen molar-refractivity contribution in [3.05, 3.63) is 63.7 Å². The highest BCUT2D eigenvalue weighted by molar-refractivity contribution is 7.89. The molecule has 2 atom stereocenters. The van der Waals surface area contributed by atoms with E-state index in [1.165, 1.54) is 24.3 Å². The molecule has 0 amide bonds. The smallest absolute Gasteiger partial charge is 0.269 e. The minimum absolute atomic E-state index is 0.0159. The number of fused-ring (bicyclic) bond motifs is 3. The molecule has 4 rings (SSSR count). The zero-order valence-electron chi connectivity index (χ0n) is 17.4. The van der Waals surface area contributed by atoms with Crippen molar-refractivity contribution in [2.24, 2.45) is 5.92 Å². The zero-order valence-corrected chi connectivity index (χ0v) is 18.3. The number of nitro benzene ring substituents is 1. The number of nitrogens with zero attached hydrogens (tertiary/aromatic N) is 3. The van der Waals surface area contributed by atoms with E-state index in [-0.39, 0.29) is 10.6 Å². The Balaban J connectivity index is 1.24. The molecule has 2 unspecified atom stereocenters. The Labute approximate surface area is 186 Å². The predicted molar refractivity (Wildman–Crippen MR) is 117 cm³/mol. The van der Waals surface area contributed by atoms with Gasteiger partial charge in [-0.15, -0.1) is 0 Å². The van der Waals surface area contributed by atoms with Gasteiger partial charge in [0.2, 0.25) is 10.0 Å². The minimum Gasteiger partial charge on any atom is -0.493 e. The summed E-state index contributed by atoms with van der Waals surface area (Å²) in [5.74, 6) is 1.62. The molecule has 2 aliphatic rings. The fourth-order valence-electron chi connectivity index (χ4n) is 4.40. The molecule has 0 radical (unpaired) electrons. The molecule has 9 nitrogen and oxygen atoms in total. The van der Waals surface area contributed by atoms with E-state index in [4.69, 9.17) is 4.74 Å². The highest BCUT2D eigenvalue weighted by Crippen LogP contribution is 2.41. The highest BCUT2D eigenvalue weighted by atomic mass is 32.2. The van der Waals surface area contributed by atoms with E-state index < -0.39 is 14.9 Å². The van der Waals surface area contributed by atoms with E-state index in [2.05, 4.69) is 15.7 Å². The van der Waals surface area contributed by atoms with Gasteiger partial charge in [0.05, 0.1) is 28.1 Å². The van der Waals surface area contributed by atoms with Crippen LogP contribution in [0.4, 0.5) is 5.69 Å². The quantitative estimate of drug-likeness (QED) is 0.368. The van der Waals surface area contributed by atoms with Crippen LogP contribution in [0.3, 0.4) is 0 Å². The van der Waals surface area contributed by atoms with Crippen molar-refractivity contribution in [3.63, 3.8) is 0 Å². The zero-order chi connectivity index (χ0) is 22.7. The van der Waals surface area contributed by atoms with Crippen molar-refractivity contribution < 1.29 is 18.1 Å². The van der Waals surface area contributed by atoms with Crippen molar-refractivity contribution >= 4 is 15.7 Å². The second-order valence-electron chi connectivity index (χ2n) is 8.16. The fraction of sp³-hybridized carbons (Fsp3) is 0.409. The number of hydrogen-bond acceptors (Lipinski definition) is 7. The molecule has 2 aliphatic heterocycles. The number of benzene rings is 2. The van der Waals surface area contributed by atoms with Gasteiger partial charge < -0.3 is 9.64 Å². The molecular weight excluding hydrogens is 432 g/mol. The summed E-state index contributed by atoms with van der Waals surface area (Å²) in [6.45, 7) is 3.67.